The number of rotatable bonds is 19. The van der Waals surface area contributed by atoms with Crippen LogP contribution in [0.2, 0.25) is 0 Å². The van der Waals surface area contributed by atoms with Gasteiger partial charge in [-0.1, -0.05) is 156 Å². The van der Waals surface area contributed by atoms with Crippen molar-refractivity contribution >= 4 is 33.8 Å². The highest BCUT2D eigenvalue weighted by Crippen LogP contribution is 2.42. The second-order valence-electron chi connectivity index (χ2n) is 21.2. The quantitative estimate of drug-likeness (QED) is 0.0266. The number of halogens is 24. The van der Waals surface area contributed by atoms with E-state index in [1.54, 1.807) is 6.20 Å². The number of hydrogen-bond donors (Lipinski definition) is 0. The number of nitrogens with zero attached hydrogens (tertiary/aromatic N) is 2. The Labute approximate surface area is 498 Å². The lowest BCUT2D eigenvalue weighted by Crippen LogP contribution is -2.75. The van der Waals surface area contributed by atoms with E-state index in [2.05, 4.69) is 36.2 Å². The Balaban J connectivity index is 0.000000330. The zero-order valence-corrected chi connectivity index (χ0v) is 46.8. The summed E-state index contributed by atoms with van der Waals surface area (Å²) in [6.45, 7) is 2.58. The number of carbonyl (C=O) groups is 1. The Kier molecular flexibility index (Phi) is 22.2. The fourth-order valence-electron chi connectivity index (χ4n) is 10.4. The predicted molar refractivity (Wildman–Crippen MR) is 286 cm³/mol. The largest absolute Gasteiger partial charge is 0.416 e. The molecule has 486 valence electrons. The minimum atomic E-state index is -6.13. The smallest absolute Gasteiger partial charge is 0.287 e. The molecule has 0 aliphatic carbocycles. The summed E-state index contributed by atoms with van der Waals surface area (Å²) >= 11 is 0. The van der Waals surface area contributed by atoms with Gasteiger partial charge in [0.2, 0.25) is 18.0 Å². The fraction of sp³-hybridized carbons (Fsp3) is 0.339. The number of unbranched alkanes of at least 4 members (excludes halogenated alkanes) is 9. The van der Waals surface area contributed by atoms with Gasteiger partial charge in [-0.3, -0.25) is 9.78 Å². The lowest BCUT2D eigenvalue weighted by Gasteiger charge is -2.46. The molecule has 28 heteroatoms. The van der Waals surface area contributed by atoms with E-state index in [0.29, 0.717) is 6.54 Å². The molecule has 0 saturated carbocycles. The molecule has 0 atom stereocenters. The number of Topliss-reactive ketones (excluding diaryl/α,β-unsaturated/α-hetero) is 1. The van der Waals surface area contributed by atoms with E-state index in [0.717, 1.165) is 23.2 Å². The van der Waals surface area contributed by atoms with Crippen molar-refractivity contribution in [3.05, 3.63) is 202 Å². The van der Waals surface area contributed by atoms with E-state index in [1.807, 2.05) is 47.3 Å². The first kappa shape index (κ1) is 71.5. The first-order chi connectivity index (χ1) is 41.5. The molecule has 3 nitrogen and oxygen atoms in total. The van der Waals surface area contributed by atoms with Crippen molar-refractivity contribution < 1.29 is 115 Å². The molecule has 6 aromatic carbocycles. The molecule has 0 spiro atoms. The zero-order valence-electron chi connectivity index (χ0n) is 46.8. The van der Waals surface area contributed by atoms with Gasteiger partial charge in [-0.15, -0.1) is 0 Å². The van der Waals surface area contributed by atoms with Gasteiger partial charge in [0, 0.05) is 11.1 Å². The van der Waals surface area contributed by atoms with Crippen LogP contribution in [0.25, 0.3) is 11.3 Å². The molecule has 90 heavy (non-hydrogen) atoms. The Hall–Kier alpha value is -7.55. The summed E-state index contributed by atoms with van der Waals surface area (Å²) in [7, 11) is 0. The fourth-order valence-corrected chi connectivity index (χ4v) is 10.4. The average molecular weight is 1310 g/mol. The molecule has 0 aliphatic heterocycles. The molecule has 7 rings (SSSR count). The number of aryl methyl sites for hydroxylation is 1. The Morgan fingerprint density at radius 2 is 0.689 bits per heavy atom. The van der Waals surface area contributed by atoms with Crippen LogP contribution in [0.3, 0.4) is 0 Å². The van der Waals surface area contributed by atoms with Gasteiger partial charge in [-0.25, -0.2) is 0 Å². The SMILES string of the molecule is CCCCCCCCCCCCc1ccc(-c2cncc[n+]2CC(=O)c2ccccc2)cc1.FC(F)(F)c1cc([B-](c2cc(C(F)(F)F)cc(C(F)(F)F)c2)(c2cc(C(F)(F)F)cc(C(F)(F)F)c2)c2cc(C(F)(F)F)cc(C(F)(F)F)c2)cc(C(F)(F)F)c1. The third-order valence-corrected chi connectivity index (χ3v) is 14.8. The maximum absolute atomic E-state index is 14.2. The second-order valence-corrected chi connectivity index (χ2v) is 21.2. The molecule has 0 fully saturated rings. The molecule has 1 aromatic heterocycles. The van der Waals surface area contributed by atoms with Crippen LogP contribution >= 0.6 is 0 Å². The Morgan fingerprint density at radius 1 is 0.389 bits per heavy atom. The first-order valence-electron chi connectivity index (χ1n) is 27.4. The summed E-state index contributed by atoms with van der Waals surface area (Å²) in [5, 5.41) is 0. The molecule has 0 radical (unpaired) electrons. The Bertz CT molecular complexity index is 3100. The van der Waals surface area contributed by atoms with Crippen LogP contribution in [0.15, 0.2) is 146 Å². The zero-order chi connectivity index (χ0) is 67.1. The van der Waals surface area contributed by atoms with Gasteiger partial charge in [0.25, 0.3) is 0 Å². The van der Waals surface area contributed by atoms with Gasteiger partial charge >= 0.3 is 49.4 Å². The van der Waals surface area contributed by atoms with Crippen LogP contribution < -0.4 is 26.4 Å². The minimum absolute atomic E-state index is 0.102. The van der Waals surface area contributed by atoms with Crippen molar-refractivity contribution in [2.75, 3.05) is 0 Å². The van der Waals surface area contributed by atoms with Crippen LogP contribution in [-0.4, -0.2) is 16.9 Å². The lowest BCUT2D eigenvalue weighted by atomic mass is 9.12. The van der Waals surface area contributed by atoms with Gasteiger partial charge in [0.15, 0.2) is 6.20 Å². The van der Waals surface area contributed by atoms with Crippen molar-refractivity contribution in [3.8, 4) is 11.3 Å². The molecule has 7 aromatic rings. The predicted octanol–water partition coefficient (Wildman–Crippen LogP) is 18.6. The molecule has 0 aliphatic rings. The van der Waals surface area contributed by atoms with Gasteiger partial charge < -0.3 is 0 Å². The maximum Gasteiger partial charge on any atom is 0.416 e. The summed E-state index contributed by atoms with van der Waals surface area (Å²) in [5.41, 5.74) is -26.0. The summed E-state index contributed by atoms with van der Waals surface area (Å²) in [5.74, 6) is 0.102. The molecule has 0 bridgehead atoms. The van der Waals surface area contributed by atoms with Crippen LogP contribution in [0.4, 0.5) is 105 Å². The molecular formula is C62H51BF24N2O. The topological polar surface area (TPSA) is 33.8 Å². The van der Waals surface area contributed by atoms with Crippen molar-refractivity contribution in [3.63, 3.8) is 0 Å². The monoisotopic (exact) mass is 1310 g/mol. The number of hydrogen-bond acceptors (Lipinski definition) is 2. The van der Waals surface area contributed by atoms with E-state index in [1.165, 1.54) is 69.8 Å². The second kappa shape index (κ2) is 27.9. The molecule has 0 N–H and O–H groups in total. The standard InChI is InChI=1S/C32H12BF24.C30H39N2O/c34-25(35,36)13-1-14(26(37,38)39)6-21(5-13)33(22-7-15(27(40,41)42)2-16(8-22)28(43,44)45,23-9-17(29(46,47)48)3-18(10-23)30(49,50)51)24-11-19(31(52,53)54)4-20(12-24)32(55,56)57;1-2-3-4-5-6-7-8-9-10-12-15-26-18-20-27(21-19-26)29-24-31-22-23-32(29)25-30(33)28-16-13-11-14-17-28/h1-12H;11,13-14,16-24H,2-10,12,15,25H2,1H3/q-1;+1. The van der Waals surface area contributed by atoms with Crippen molar-refractivity contribution in [2.45, 2.75) is 134 Å². The van der Waals surface area contributed by atoms with E-state index in [9.17, 15) is 110 Å². The lowest BCUT2D eigenvalue weighted by molar-refractivity contribution is -0.672. The van der Waals surface area contributed by atoms with E-state index in [4.69, 9.17) is 0 Å². The van der Waals surface area contributed by atoms with Crippen LogP contribution in [0, 0.1) is 0 Å². The first-order valence-corrected chi connectivity index (χ1v) is 27.4. The maximum atomic E-state index is 14.2. The number of alkyl halides is 24. The van der Waals surface area contributed by atoms with E-state index in [-0.39, 0.29) is 5.78 Å². The van der Waals surface area contributed by atoms with Crippen molar-refractivity contribution in [1.29, 1.82) is 0 Å². The van der Waals surface area contributed by atoms with E-state index >= 15 is 0 Å². The summed E-state index contributed by atoms with van der Waals surface area (Å²) in [6, 6.07) is 9.42. The molecule has 1 heterocycles. The van der Waals surface area contributed by atoms with Gasteiger partial charge in [0.05, 0.1) is 56.9 Å². The number of aromatic nitrogens is 2. The number of benzene rings is 6. The van der Waals surface area contributed by atoms with Gasteiger partial charge in [0.1, 0.15) is 6.15 Å². The van der Waals surface area contributed by atoms with Crippen molar-refractivity contribution in [1.82, 2.24) is 4.98 Å². The van der Waals surface area contributed by atoms with E-state index < -0.39 is 195 Å². The normalized spacial score (nSPS) is 13.1. The molecular weight excluding hydrogens is 1260 g/mol. The molecule has 0 saturated heterocycles. The highest BCUT2D eigenvalue weighted by molar-refractivity contribution is 7.20. The Morgan fingerprint density at radius 3 is 0.989 bits per heavy atom. The third kappa shape index (κ3) is 18.6. The van der Waals surface area contributed by atoms with Gasteiger partial charge in [-0.2, -0.15) is 132 Å². The highest BCUT2D eigenvalue weighted by atomic mass is 19.4. The summed E-state index contributed by atoms with van der Waals surface area (Å²) < 4.78 is 343. The molecule has 0 amide bonds. The van der Waals surface area contributed by atoms with Crippen LogP contribution in [0.5, 0.6) is 0 Å². The summed E-state index contributed by atoms with van der Waals surface area (Å²) in [6.07, 6.45) is -34.5. The van der Waals surface area contributed by atoms with Crippen molar-refractivity contribution in [2.24, 2.45) is 0 Å². The number of carbonyl (C=O) groups excluding carboxylic acids is 1. The van der Waals surface area contributed by atoms with Gasteiger partial charge in [-0.05, 0) is 54.8 Å². The van der Waals surface area contributed by atoms with Crippen LogP contribution in [-0.2, 0) is 62.4 Å². The number of ketones is 1. The third-order valence-electron chi connectivity index (χ3n) is 14.8. The minimum Gasteiger partial charge on any atom is -0.287 e. The molecule has 0 unspecified atom stereocenters. The highest BCUT2D eigenvalue weighted by Gasteiger charge is 2.47. The average Bonchev–Trinajstić information content (AvgIpc) is 0.710. The van der Waals surface area contributed by atoms with Crippen LogP contribution in [0.1, 0.15) is 132 Å². The summed E-state index contributed by atoms with van der Waals surface area (Å²) in [4.78, 5) is 17.0.